The lowest BCUT2D eigenvalue weighted by atomic mass is 10.2. The molecule has 0 N–H and O–H groups in total. The van der Waals surface area contributed by atoms with Gasteiger partial charge in [-0.25, -0.2) is 4.98 Å². The van der Waals surface area contributed by atoms with Gasteiger partial charge in [0.05, 0.1) is 17.3 Å². The second-order valence-corrected chi connectivity index (χ2v) is 8.58. The molecular formula is C23H22ClF3N6O2. The monoisotopic (exact) mass is 506 g/mol. The van der Waals surface area contributed by atoms with Gasteiger partial charge in [0.15, 0.2) is 0 Å². The molecule has 3 aromatic heterocycles. The van der Waals surface area contributed by atoms with E-state index < -0.39 is 6.36 Å². The summed E-state index contributed by atoms with van der Waals surface area (Å²) in [5.74, 6) is 0.666. The van der Waals surface area contributed by atoms with Gasteiger partial charge in [0.25, 0.3) is 5.89 Å². The van der Waals surface area contributed by atoms with Gasteiger partial charge in [-0.3, -0.25) is 9.30 Å². The van der Waals surface area contributed by atoms with Gasteiger partial charge in [-0.05, 0) is 42.8 Å². The number of aryl methyl sites for hydroxylation is 1. The van der Waals surface area contributed by atoms with Gasteiger partial charge in [-0.1, -0.05) is 18.5 Å². The molecule has 1 aromatic carbocycles. The van der Waals surface area contributed by atoms with Crippen molar-refractivity contribution in [1.82, 2.24) is 24.5 Å². The second-order valence-electron chi connectivity index (χ2n) is 8.14. The number of alkyl halides is 3. The van der Waals surface area contributed by atoms with E-state index in [0.717, 1.165) is 35.8 Å². The Balaban J connectivity index is 1.23. The highest BCUT2D eigenvalue weighted by Crippen LogP contribution is 2.28. The Morgan fingerprint density at radius 2 is 1.77 bits per heavy atom. The van der Waals surface area contributed by atoms with Gasteiger partial charge in [-0.15, -0.1) is 23.4 Å². The number of rotatable bonds is 6. The molecule has 0 amide bonds. The molecule has 4 heterocycles. The SMILES string of the molecule is CCc1nc2ccc(Cl)cn2c1-c1nnc(CN2CCN(c3ccc(OC(F)(F)F)cc3)CC2)o1. The molecule has 35 heavy (non-hydrogen) atoms. The standard InChI is InChI=1S/C23H22ClF3N6O2/c1-2-18-21(33-13-15(24)3-8-19(33)28-18)22-30-29-20(34-22)14-31-9-11-32(12-10-31)16-4-6-17(7-5-16)35-23(25,26)27/h3-8,13H,2,9-12,14H2,1H3. The number of aromatic nitrogens is 4. The molecule has 12 heteroatoms. The number of imidazole rings is 1. The zero-order valence-electron chi connectivity index (χ0n) is 18.8. The number of piperazine rings is 1. The smallest absolute Gasteiger partial charge is 0.418 e. The number of nitrogens with zero attached hydrogens (tertiary/aromatic N) is 6. The molecule has 0 aliphatic carbocycles. The molecule has 0 saturated carbocycles. The minimum absolute atomic E-state index is 0.230. The summed E-state index contributed by atoms with van der Waals surface area (Å²) in [7, 11) is 0. The molecule has 0 bridgehead atoms. The Bertz CT molecular complexity index is 1310. The van der Waals surface area contributed by atoms with E-state index in [2.05, 4.69) is 29.7 Å². The first-order valence-corrected chi connectivity index (χ1v) is 11.5. The molecule has 1 fully saturated rings. The highest BCUT2D eigenvalue weighted by Gasteiger charge is 2.31. The number of ether oxygens (including phenoxy) is 1. The van der Waals surface area contributed by atoms with Crippen molar-refractivity contribution in [2.24, 2.45) is 0 Å². The average molecular weight is 507 g/mol. The molecule has 1 saturated heterocycles. The fourth-order valence-corrected chi connectivity index (χ4v) is 4.33. The van der Waals surface area contributed by atoms with Crippen LogP contribution in [0.15, 0.2) is 47.0 Å². The summed E-state index contributed by atoms with van der Waals surface area (Å²) in [6.45, 7) is 5.42. The largest absolute Gasteiger partial charge is 0.573 e. The number of anilines is 1. The normalized spacial score (nSPS) is 15.2. The molecule has 0 radical (unpaired) electrons. The summed E-state index contributed by atoms with van der Waals surface area (Å²) >= 11 is 6.18. The maximum absolute atomic E-state index is 12.4. The minimum Gasteiger partial charge on any atom is -0.418 e. The van der Waals surface area contributed by atoms with Crippen molar-refractivity contribution in [3.63, 3.8) is 0 Å². The van der Waals surface area contributed by atoms with Gasteiger partial charge < -0.3 is 14.1 Å². The van der Waals surface area contributed by atoms with Crippen molar-refractivity contribution in [2.75, 3.05) is 31.1 Å². The first kappa shape index (κ1) is 23.4. The molecule has 0 unspecified atom stereocenters. The lowest BCUT2D eigenvalue weighted by molar-refractivity contribution is -0.274. The van der Waals surface area contributed by atoms with Crippen LogP contribution in [0.2, 0.25) is 5.02 Å². The third-order valence-electron chi connectivity index (χ3n) is 5.83. The molecular weight excluding hydrogens is 485 g/mol. The Kier molecular flexibility index (Phi) is 6.28. The number of benzene rings is 1. The fourth-order valence-electron chi connectivity index (χ4n) is 4.17. The topological polar surface area (TPSA) is 71.9 Å². The summed E-state index contributed by atoms with van der Waals surface area (Å²) < 4.78 is 48.9. The Morgan fingerprint density at radius 1 is 1.03 bits per heavy atom. The van der Waals surface area contributed by atoms with E-state index in [1.165, 1.54) is 12.1 Å². The van der Waals surface area contributed by atoms with Crippen LogP contribution in [0.25, 0.3) is 17.2 Å². The van der Waals surface area contributed by atoms with E-state index in [1.807, 2.05) is 17.4 Å². The maximum Gasteiger partial charge on any atom is 0.573 e. The van der Waals surface area contributed by atoms with E-state index in [9.17, 15) is 13.2 Å². The van der Waals surface area contributed by atoms with Crippen LogP contribution in [0, 0.1) is 0 Å². The molecule has 1 aliphatic rings. The summed E-state index contributed by atoms with van der Waals surface area (Å²) in [5, 5.41) is 9.08. The fraction of sp³-hybridized carbons (Fsp3) is 0.348. The van der Waals surface area contributed by atoms with Crippen LogP contribution in [-0.4, -0.2) is 57.0 Å². The van der Waals surface area contributed by atoms with E-state index in [1.54, 1.807) is 24.4 Å². The summed E-state index contributed by atoms with van der Waals surface area (Å²) in [5.41, 5.74) is 3.20. The van der Waals surface area contributed by atoms with Crippen molar-refractivity contribution in [1.29, 1.82) is 0 Å². The van der Waals surface area contributed by atoms with Crippen LogP contribution < -0.4 is 9.64 Å². The van der Waals surface area contributed by atoms with Gasteiger partial charge >= 0.3 is 6.36 Å². The highest BCUT2D eigenvalue weighted by molar-refractivity contribution is 6.30. The van der Waals surface area contributed by atoms with Gasteiger partial charge in [0.1, 0.15) is 17.1 Å². The number of hydrogen-bond acceptors (Lipinski definition) is 7. The molecule has 4 aromatic rings. The van der Waals surface area contributed by atoms with E-state index in [0.29, 0.717) is 42.9 Å². The van der Waals surface area contributed by atoms with Crippen LogP contribution in [0.1, 0.15) is 18.5 Å². The quantitative estimate of drug-likeness (QED) is 0.371. The third-order valence-corrected chi connectivity index (χ3v) is 6.05. The highest BCUT2D eigenvalue weighted by atomic mass is 35.5. The predicted octanol–water partition coefficient (Wildman–Crippen LogP) is 4.82. The van der Waals surface area contributed by atoms with Gasteiger partial charge in [0.2, 0.25) is 5.89 Å². The van der Waals surface area contributed by atoms with Crippen LogP contribution in [0.3, 0.4) is 0 Å². The molecule has 0 atom stereocenters. The van der Waals surface area contributed by atoms with Crippen molar-refractivity contribution in [3.05, 3.63) is 59.2 Å². The third kappa shape index (κ3) is 5.20. The molecule has 1 aliphatic heterocycles. The van der Waals surface area contributed by atoms with Gasteiger partial charge in [-0.2, -0.15) is 0 Å². The minimum atomic E-state index is -4.70. The van der Waals surface area contributed by atoms with Gasteiger partial charge in [0, 0.05) is 38.1 Å². The molecule has 184 valence electrons. The zero-order chi connectivity index (χ0) is 24.6. The summed E-state index contributed by atoms with van der Waals surface area (Å²) in [6.07, 6.45) is -2.21. The van der Waals surface area contributed by atoms with E-state index in [4.69, 9.17) is 16.0 Å². The Labute approximate surface area is 203 Å². The number of hydrogen-bond donors (Lipinski definition) is 0. The second kappa shape index (κ2) is 9.38. The summed E-state index contributed by atoms with van der Waals surface area (Å²) in [6, 6.07) is 9.55. The van der Waals surface area contributed by atoms with Crippen LogP contribution in [-0.2, 0) is 13.0 Å². The Hall–Kier alpha value is -3.31. The number of halogens is 4. The average Bonchev–Trinajstić information content (AvgIpc) is 3.42. The lowest BCUT2D eigenvalue weighted by Crippen LogP contribution is -2.46. The van der Waals surface area contributed by atoms with Crippen LogP contribution in [0.5, 0.6) is 5.75 Å². The Morgan fingerprint density at radius 3 is 2.46 bits per heavy atom. The molecule has 0 spiro atoms. The van der Waals surface area contributed by atoms with Crippen LogP contribution >= 0.6 is 11.6 Å². The van der Waals surface area contributed by atoms with E-state index in [-0.39, 0.29) is 5.75 Å². The molecule has 5 rings (SSSR count). The van der Waals surface area contributed by atoms with Crippen LogP contribution in [0.4, 0.5) is 18.9 Å². The first-order chi connectivity index (χ1) is 16.8. The molecule has 8 nitrogen and oxygen atoms in total. The first-order valence-electron chi connectivity index (χ1n) is 11.1. The lowest BCUT2D eigenvalue weighted by Gasteiger charge is -2.35. The maximum atomic E-state index is 12.4. The summed E-state index contributed by atoms with van der Waals surface area (Å²) in [4.78, 5) is 8.94. The number of pyridine rings is 1. The van der Waals surface area contributed by atoms with Crippen molar-refractivity contribution < 1.29 is 22.3 Å². The number of fused-ring (bicyclic) bond motifs is 1. The predicted molar refractivity (Wildman–Crippen MR) is 123 cm³/mol. The van der Waals surface area contributed by atoms with Crippen molar-refractivity contribution in [2.45, 2.75) is 26.3 Å². The van der Waals surface area contributed by atoms with Crippen molar-refractivity contribution >= 4 is 22.9 Å². The zero-order valence-corrected chi connectivity index (χ0v) is 19.6. The van der Waals surface area contributed by atoms with Crippen molar-refractivity contribution in [3.8, 4) is 17.3 Å². The van der Waals surface area contributed by atoms with E-state index >= 15 is 0 Å².